The largest absolute Gasteiger partial charge is 0.459 e. The van der Waals surface area contributed by atoms with Crippen LogP contribution in [0.15, 0.2) is 64.4 Å². The first kappa shape index (κ1) is 53.5. The number of amides is 1. The minimum Gasteiger partial charge on any atom is -0.459 e. The summed E-state index contributed by atoms with van der Waals surface area (Å²) in [6.45, 7) is 14.8. The third-order valence-corrected chi connectivity index (χ3v) is 16.5. The quantitative estimate of drug-likeness (QED) is 0.0540. The number of aliphatic hydroxyl groups is 5. The first-order chi connectivity index (χ1) is 31.5. The average molecular weight is 987 g/mol. The number of carbonyl (C=O) groups is 2. The van der Waals surface area contributed by atoms with Gasteiger partial charge < -0.3 is 50.0 Å². The van der Waals surface area contributed by atoms with E-state index < -0.39 is 71.9 Å². The summed E-state index contributed by atoms with van der Waals surface area (Å²) in [5, 5.41) is 63.2. The van der Waals surface area contributed by atoms with Crippen molar-refractivity contribution in [2.75, 3.05) is 33.7 Å². The van der Waals surface area contributed by atoms with Crippen molar-refractivity contribution in [2.24, 2.45) is 17.8 Å². The molecule has 16 heteroatoms. The van der Waals surface area contributed by atoms with E-state index in [4.69, 9.17) is 25.8 Å². The third kappa shape index (κ3) is 12.4. The van der Waals surface area contributed by atoms with E-state index in [1.165, 1.54) is 19.9 Å². The van der Waals surface area contributed by atoms with Gasteiger partial charge in [-0.2, -0.15) is 0 Å². The fourth-order valence-electron chi connectivity index (χ4n) is 10.2. The first-order valence-electron chi connectivity index (χ1n) is 23.6. The molecule has 0 saturated carbocycles. The van der Waals surface area contributed by atoms with E-state index in [1.54, 1.807) is 50.8 Å². The van der Waals surface area contributed by atoms with Gasteiger partial charge in [-0.1, -0.05) is 68.4 Å². The van der Waals surface area contributed by atoms with Gasteiger partial charge in [-0.25, -0.2) is 0 Å². The minimum absolute atomic E-state index is 0.160. The van der Waals surface area contributed by atoms with Crippen LogP contribution in [0.4, 0.5) is 0 Å². The second-order valence-electron chi connectivity index (χ2n) is 19.8. The number of halogens is 1. The molecule has 67 heavy (non-hydrogen) atoms. The molecule has 2 fully saturated rings. The molecule has 370 valence electrons. The molecule has 1 aromatic heterocycles. The molecule has 6 rings (SSSR count). The predicted molar refractivity (Wildman–Crippen MR) is 265 cm³/mol. The van der Waals surface area contributed by atoms with E-state index in [2.05, 4.69) is 23.5 Å². The summed E-state index contributed by atoms with van der Waals surface area (Å²) < 4.78 is 18.6. The van der Waals surface area contributed by atoms with Crippen molar-refractivity contribution >= 4 is 52.7 Å². The van der Waals surface area contributed by atoms with Crippen LogP contribution in [0.2, 0.25) is 5.02 Å². The number of carbonyl (C=O) groups excluding carboxylic acids is 2. The molecule has 0 aliphatic carbocycles. The zero-order valence-corrected chi connectivity index (χ0v) is 42.9. The summed E-state index contributed by atoms with van der Waals surface area (Å²) in [5.41, 5.74) is -0.178. The number of fused-ring (bicyclic) bond motifs is 5. The topological polar surface area (TPSA) is 181 Å². The number of nitrogens with zero attached hydrogens (tertiary/aromatic N) is 2. The summed E-state index contributed by atoms with van der Waals surface area (Å²) in [7, 11) is 3.74. The van der Waals surface area contributed by atoms with Crippen LogP contribution in [-0.4, -0.2) is 147 Å². The Bertz CT molecular complexity index is 2200. The molecule has 13 nitrogen and oxygen atoms in total. The van der Waals surface area contributed by atoms with Gasteiger partial charge in [0.05, 0.1) is 29.8 Å². The summed E-state index contributed by atoms with van der Waals surface area (Å²) >= 11 is 9.72. The number of ether oxygens (including phenoxy) is 3. The maximum atomic E-state index is 13.8. The summed E-state index contributed by atoms with van der Waals surface area (Å²) in [4.78, 5) is 35.2. The van der Waals surface area contributed by atoms with Crippen LogP contribution in [-0.2, 0) is 23.8 Å². The zero-order valence-electron chi connectivity index (χ0n) is 40.5. The lowest BCUT2D eigenvalue weighted by molar-refractivity contribution is -0.299. The number of esters is 1. The smallest absolute Gasteiger partial charge is 0.311 e. The molecule has 2 saturated heterocycles. The molecule has 3 aliphatic heterocycles. The molecule has 4 heterocycles. The van der Waals surface area contributed by atoms with Gasteiger partial charge in [0.2, 0.25) is 5.91 Å². The van der Waals surface area contributed by atoms with Crippen molar-refractivity contribution in [3.63, 3.8) is 0 Å². The zero-order chi connectivity index (χ0) is 49.1. The van der Waals surface area contributed by atoms with Crippen molar-refractivity contribution in [1.82, 2.24) is 15.1 Å². The van der Waals surface area contributed by atoms with Gasteiger partial charge in [-0.05, 0) is 116 Å². The molecule has 0 spiro atoms. The number of aliphatic hydroxyl groups excluding tert-OH is 3. The van der Waals surface area contributed by atoms with E-state index >= 15 is 0 Å². The summed E-state index contributed by atoms with van der Waals surface area (Å²) in [5.74, 6) is -3.25. The molecular formula is C51H72ClN3O10S2. The summed E-state index contributed by atoms with van der Waals surface area (Å²) in [6, 6.07) is 15.4. The first-order valence-corrected chi connectivity index (χ1v) is 25.6. The molecule has 6 N–H and O–H groups in total. The van der Waals surface area contributed by atoms with Crippen LogP contribution in [0, 0.1) is 17.8 Å². The van der Waals surface area contributed by atoms with E-state index in [0.29, 0.717) is 37.5 Å². The van der Waals surface area contributed by atoms with Crippen molar-refractivity contribution in [3.05, 3.63) is 64.5 Å². The molecule has 0 unspecified atom stereocenters. The Kier molecular flexibility index (Phi) is 17.9. The Labute approximate surface area is 409 Å². The molecule has 1 amide bonds. The Morgan fingerprint density at radius 3 is 2.42 bits per heavy atom. The average Bonchev–Trinajstić information content (AvgIpc) is 3.65. The van der Waals surface area contributed by atoms with Gasteiger partial charge in [0.15, 0.2) is 6.29 Å². The van der Waals surface area contributed by atoms with Gasteiger partial charge in [0, 0.05) is 79.4 Å². The van der Waals surface area contributed by atoms with E-state index in [0.717, 1.165) is 36.2 Å². The SMILES string of the molecule is CC[C@H]1OC(=O)[C@H](C)[C@@H](O)[C@H](C)[C@@H](O[C@@H]2O[C@H](C)C[C@H](N(C)C)[C@H]2O)[C@](C)(O)C[C@@H](C)CN(CCCNC(=O)/C=C/c2cc3c(s2)-c2ccc(Cl)cc2Sc2ccccc2-3)[C@H](C)[C@@H](O)[C@]1(C)O. The maximum Gasteiger partial charge on any atom is 0.311 e. The number of likely N-dealkylation sites (N-methyl/N-ethyl adjacent to an activating group) is 1. The van der Waals surface area contributed by atoms with E-state index in [9.17, 15) is 35.1 Å². The Balaban J connectivity index is 1.19. The number of nitrogens with one attached hydrogen (secondary N) is 1. The Morgan fingerprint density at radius 2 is 1.72 bits per heavy atom. The van der Waals surface area contributed by atoms with Gasteiger partial charge in [0.1, 0.15) is 23.9 Å². The van der Waals surface area contributed by atoms with Crippen LogP contribution < -0.4 is 5.32 Å². The molecule has 14 atom stereocenters. The number of thiophene rings is 1. The normalized spacial score (nSPS) is 34.6. The number of hydrogen-bond donors (Lipinski definition) is 6. The Hall–Kier alpha value is -2.90. The van der Waals surface area contributed by atoms with E-state index in [1.807, 2.05) is 74.2 Å². The van der Waals surface area contributed by atoms with Gasteiger partial charge >= 0.3 is 5.97 Å². The van der Waals surface area contributed by atoms with Crippen molar-refractivity contribution in [3.8, 4) is 21.6 Å². The molecular weight excluding hydrogens is 914 g/mol. The number of benzene rings is 2. The van der Waals surface area contributed by atoms with Crippen LogP contribution >= 0.6 is 34.7 Å². The second kappa shape index (κ2) is 22.5. The standard InChI is InChI=1S/C51H72ClN3O10S2/c1-11-41-51(8,62)46(59)32(6)55(22-14-21-53-42(56)20-18-34-25-37-35-15-12-13-16-39(35)67-40-24-33(52)17-19-36(40)45(37)66-34)27-28(2)26-50(7,61)47(30(4)43(57)31(5)48(60)64-41)65-49-44(58)38(54(9)10)23-29(3)63-49/h12-13,15-20,24-25,28-32,38,41,43-44,46-47,49,57-59,61-62H,11,14,21-23,26-27H2,1-10H3,(H,53,56)/b20-18+/t28-,29-,30+,31-,32-,38+,41-,43+,44-,46-,47-,49+,50-,51-/m1/s1. The monoisotopic (exact) mass is 985 g/mol. The highest BCUT2D eigenvalue weighted by atomic mass is 35.5. The van der Waals surface area contributed by atoms with Crippen LogP contribution in [0.5, 0.6) is 0 Å². The van der Waals surface area contributed by atoms with Gasteiger partial charge in [-0.15, -0.1) is 11.3 Å². The third-order valence-electron chi connectivity index (χ3n) is 13.9. The number of cyclic esters (lactones) is 1. The lowest BCUT2D eigenvalue weighted by atomic mass is 9.78. The fraction of sp³-hybridized carbons (Fsp3) is 0.608. The van der Waals surface area contributed by atoms with Gasteiger partial charge in [-0.3, -0.25) is 14.5 Å². The molecule has 3 aliphatic rings. The molecule has 2 aromatic carbocycles. The highest BCUT2D eigenvalue weighted by molar-refractivity contribution is 7.99. The number of hydrogen-bond acceptors (Lipinski definition) is 14. The molecule has 3 aromatic rings. The summed E-state index contributed by atoms with van der Waals surface area (Å²) in [6.07, 6.45) is -2.69. The number of rotatable bonds is 10. The second-order valence-corrected chi connectivity index (χ2v) is 22.4. The lowest BCUT2D eigenvalue weighted by Gasteiger charge is -2.46. The molecule has 0 radical (unpaired) electrons. The predicted octanol–water partition coefficient (Wildman–Crippen LogP) is 7.08. The van der Waals surface area contributed by atoms with Crippen LogP contribution in [0.25, 0.3) is 27.6 Å². The van der Waals surface area contributed by atoms with Crippen LogP contribution in [0.1, 0.15) is 86.0 Å². The van der Waals surface area contributed by atoms with Crippen molar-refractivity contribution < 1.29 is 49.3 Å². The van der Waals surface area contributed by atoms with Crippen molar-refractivity contribution in [2.45, 2.75) is 157 Å². The lowest BCUT2D eigenvalue weighted by Crippen LogP contribution is -2.59. The highest BCUT2D eigenvalue weighted by Gasteiger charge is 2.50. The van der Waals surface area contributed by atoms with Crippen molar-refractivity contribution in [1.29, 1.82) is 0 Å². The Morgan fingerprint density at radius 1 is 1.00 bits per heavy atom. The van der Waals surface area contributed by atoms with Gasteiger partial charge in [0.25, 0.3) is 0 Å². The highest BCUT2D eigenvalue weighted by Crippen LogP contribution is 2.51. The fourth-order valence-corrected chi connectivity index (χ4v) is 12.7. The van der Waals surface area contributed by atoms with Crippen LogP contribution in [0.3, 0.4) is 0 Å². The van der Waals surface area contributed by atoms with E-state index in [-0.39, 0.29) is 36.8 Å². The molecule has 0 bridgehead atoms. The minimum atomic E-state index is -1.89. The maximum absolute atomic E-state index is 13.8.